The van der Waals surface area contributed by atoms with E-state index in [1.54, 1.807) is 28.0 Å². The first-order chi connectivity index (χ1) is 16.3. The summed E-state index contributed by atoms with van der Waals surface area (Å²) in [5.74, 6) is -0.0861. The van der Waals surface area contributed by atoms with E-state index in [0.717, 1.165) is 58.0 Å². The monoisotopic (exact) mass is 490 g/mol. The van der Waals surface area contributed by atoms with Gasteiger partial charge in [0.05, 0.1) is 5.56 Å². The molecule has 0 saturated carbocycles. The second-order valence-corrected chi connectivity index (χ2v) is 12.4. The number of thioether (sulfide) groups is 1. The van der Waals surface area contributed by atoms with Gasteiger partial charge >= 0.3 is 0 Å². The number of fused-ring (bicyclic) bond motifs is 1. The number of carbonyl (C=O) groups excluding carboxylic acids is 2. The molecule has 4 nitrogen and oxygen atoms in total. The van der Waals surface area contributed by atoms with Crippen molar-refractivity contribution in [3.8, 4) is 6.07 Å². The van der Waals surface area contributed by atoms with Gasteiger partial charge in [-0.05, 0) is 67.0 Å². The van der Waals surface area contributed by atoms with E-state index in [1.165, 1.54) is 11.3 Å². The maximum absolute atomic E-state index is 13.8. The summed E-state index contributed by atoms with van der Waals surface area (Å²) in [6, 6.07) is 10.7. The van der Waals surface area contributed by atoms with E-state index in [4.69, 9.17) is 0 Å². The van der Waals surface area contributed by atoms with Gasteiger partial charge in [0.1, 0.15) is 11.1 Å². The van der Waals surface area contributed by atoms with Crippen LogP contribution in [0.15, 0.2) is 40.4 Å². The number of hydrogen-bond acceptors (Lipinski definition) is 5. The van der Waals surface area contributed by atoms with E-state index < -0.39 is 0 Å². The molecule has 176 valence electrons. The molecule has 6 heteroatoms. The first-order valence-electron chi connectivity index (χ1n) is 12.1. The number of thiophene rings is 1. The van der Waals surface area contributed by atoms with Crippen LogP contribution in [0.4, 0.5) is 5.00 Å². The minimum Gasteiger partial charge on any atom is -0.294 e. The molecule has 0 N–H and O–H groups in total. The first-order valence-corrected chi connectivity index (χ1v) is 14.1. The Morgan fingerprint density at radius 1 is 1.09 bits per heavy atom. The van der Waals surface area contributed by atoms with Crippen LogP contribution in [-0.4, -0.2) is 17.9 Å². The van der Waals surface area contributed by atoms with Gasteiger partial charge in [0.15, 0.2) is 5.78 Å². The van der Waals surface area contributed by atoms with Crippen molar-refractivity contribution >= 4 is 39.8 Å². The topological polar surface area (TPSA) is 61.2 Å². The highest BCUT2D eigenvalue weighted by Crippen LogP contribution is 2.51. The fourth-order valence-corrected chi connectivity index (χ4v) is 7.56. The first kappa shape index (κ1) is 23.4. The molecule has 2 aromatic rings. The van der Waals surface area contributed by atoms with Crippen LogP contribution in [0.2, 0.25) is 0 Å². The maximum Gasteiger partial charge on any atom is 0.232 e. The minimum absolute atomic E-state index is 0.00361. The molecule has 1 unspecified atom stereocenters. The number of amides is 1. The van der Waals surface area contributed by atoms with Crippen molar-refractivity contribution in [1.82, 2.24) is 0 Å². The Labute approximate surface area is 210 Å². The molecular weight excluding hydrogens is 460 g/mol. The van der Waals surface area contributed by atoms with Gasteiger partial charge in [-0.15, -0.1) is 23.1 Å². The molecule has 3 aliphatic rings. The zero-order chi connectivity index (χ0) is 24.0. The highest BCUT2D eigenvalue weighted by Gasteiger charge is 2.45. The summed E-state index contributed by atoms with van der Waals surface area (Å²) in [5, 5.41) is 10.9. The van der Waals surface area contributed by atoms with E-state index in [0.29, 0.717) is 18.4 Å². The van der Waals surface area contributed by atoms with Crippen molar-refractivity contribution in [3.63, 3.8) is 0 Å². The maximum atomic E-state index is 13.8. The Bertz CT molecular complexity index is 1230. The van der Waals surface area contributed by atoms with Crippen LogP contribution in [0.1, 0.15) is 79.9 Å². The van der Waals surface area contributed by atoms with Crippen molar-refractivity contribution in [2.45, 2.75) is 76.0 Å². The third-order valence-electron chi connectivity index (χ3n) is 7.38. The van der Waals surface area contributed by atoms with Gasteiger partial charge in [0.2, 0.25) is 5.91 Å². The SMILES string of the molecule is CSc1ccc(C2CC(=O)N(c3sc4c(c3C#N)CCCCC4)C3=C2C(=O)CC(C)(C)C3)cc1. The number of benzene rings is 1. The fraction of sp³-hybridized carbons (Fsp3) is 0.464. The van der Waals surface area contributed by atoms with E-state index in [9.17, 15) is 14.9 Å². The van der Waals surface area contributed by atoms with Crippen molar-refractivity contribution in [3.05, 3.63) is 57.1 Å². The lowest BCUT2D eigenvalue weighted by Crippen LogP contribution is -2.43. The summed E-state index contributed by atoms with van der Waals surface area (Å²) in [6.45, 7) is 4.20. The van der Waals surface area contributed by atoms with Gasteiger partial charge in [-0.1, -0.05) is 32.4 Å². The normalized spacial score (nSPS) is 22.2. The van der Waals surface area contributed by atoms with Gasteiger partial charge in [-0.3, -0.25) is 14.5 Å². The van der Waals surface area contributed by atoms with Crippen LogP contribution in [0, 0.1) is 16.7 Å². The van der Waals surface area contributed by atoms with Crippen LogP contribution < -0.4 is 4.90 Å². The number of carbonyl (C=O) groups is 2. The van der Waals surface area contributed by atoms with E-state index in [1.807, 2.05) is 6.26 Å². The number of nitriles is 1. The molecule has 1 atom stereocenters. The number of aryl methyl sites for hydroxylation is 1. The third-order valence-corrected chi connectivity index (χ3v) is 9.40. The summed E-state index contributed by atoms with van der Waals surface area (Å²) in [4.78, 5) is 31.5. The Morgan fingerprint density at radius 3 is 2.53 bits per heavy atom. The number of ketones is 1. The van der Waals surface area contributed by atoms with Gasteiger partial charge in [0.25, 0.3) is 0 Å². The zero-order valence-electron chi connectivity index (χ0n) is 20.1. The average molecular weight is 491 g/mol. The fourth-order valence-electron chi connectivity index (χ4n) is 5.77. The lowest BCUT2D eigenvalue weighted by molar-refractivity contribution is -0.120. The molecule has 0 radical (unpaired) electrons. The Balaban J connectivity index is 1.67. The largest absolute Gasteiger partial charge is 0.294 e. The number of allylic oxidation sites excluding steroid dienone is 2. The molecule has 1 aromatic heterocycles. The van der Waals surface area contributed by atoms with Crippen molar-refractivity contribution in [2.75, 3.05) is 11.2 Å². The molecule has 2 heterocycles. The number of nitrogens with zero attached hydrogens (tertiary/aromatic N) is 2. The molecular formula is C28H30N2O2S2. The number of anilines is 1. The molecule has 2 aliphatic carbocycles. The summed E-state index contributed by atoms with van der Waals surface area (Å²) in [6.07, 6.45) is 8.70. The Morgan fingerprint density at radius 2 is 1.82 bits per heavy atom. The average Bonchev–Trinajstić information content (AvgIpc) is 2.97. The van der Waals surface area contributed by atoms with Gasteiger partial charge in [0, 0.05) is 39.8 Å². The molecule has 1 aromatic carbocycles. The van der Waals surface area contributed by atoms with Crippen molar-refractivity contribution in [1.29, 1.82) is 5.26 Å². The minimum atomic E-state index is -0.222. The van der Waals surface area contributed by atoms with Crippen molar-refractivity contribution < 1.29 is 9.59 Å². The second-order valence-electron chi connectivity index (χ2n) is 10.4. The molecule has 0 saturated heterocycles. The molecule has 34 heavy (non-hydrogen) atoms. The summed E-state index contributed by atoms with van der Waals surface area (Å²) in [5.41, 5.74) is 4.19. The molecule has 1 aliphatic heterocycles. The zero-order valence-corrected chi connectivity index (χ0v) is 21.7. The quantitative estimate of drug-likeness (QED) is 0.352. The molecule has 0 bridgehead atoms. The lowest BCUT2D eigenvalue weighted by atomic mass is 9.69. The molecule has 0 fully saturated rings. The summed E-state index contributed by atoms with van der Waals surface area (Å²) >= 11 is 3.28. The highest BCUT2D eigenvalue weighted by molar-refractivity contribution is 7.98. The van der Waals surface area contributed by atoms with Crippen molar-refractivity contribution in [2.24, 2.45) is 5.41 Å². The van der Waals surface area contributed by atoms with E-state index >= 15 is 0 Å². The summed E-state index contributed by atoms with van der Waals surface area (Å²) in [7, 11) is 0. The Hall–Kier alpha value is -2.36. The molecule has 5 rings (SSSR count). The second kappa shape index (κ2) is 9.02. The highest BCUT2D eigenvalue weighted by atomic mass is 32.2. The van der Waals surface area contributed by atoms with Crippen LogP contribution in [0.25, 0.3) is 0 Å². The third kappa shape index (κ3) is 4.03. The van der Waals surface area contributed by atoms with Crippen LogP contribution in [-0.2, 0) is 22.4 Å². The molecule has 0 spiro atoms. The van der Waals surface area contributed by atoms with E-state index in [2.05, 4.69) is 44.2 Å². The van der Waals surface area contributed by atoms with Gasteiger partial charge in [-0.25, -0.2) is 0 Å². The number of rotatable bonds is 3. The van der Waals surface area contributed by atoms with Crippen LogP contribution in [0.5, 0.6) is 0 Å². The molecule has 1 amide bonds. The Kier molecular flexibility index (Phi) is 6.20. The number of Topliss-reactive ketones (excluding diaryl/α,β-unsaturated/α-hetero) is 1. The smallest absolute Gasteiger partial charge is 0.232 e. The van der Waals surface area contributed by atoms with Crippen LogP contribution >= 0.6 is 23.1 Å². The van der Waals surface area contributed by atoms with Gasteiger partial charge < -0.3 is 0 Å². The lowest BCUT2D eigenvalue weighted by Gasteiger charge is -2.42. The van der Waals surface area contributed by atoms with E-state index in [-0.39, 0.29) is 29.4 Å². The standard InChI is InChI=1S/C28H30N2O2S2/c1-28(2)14-22-26(23(31)15-28)20(17-9-11-18(33-3)12-10-17)13-25(32)30(22)27-21(16-29)19-7-5-4-6-8-24(19)34-27/h9-12,20H,4-8,13-15H2,1-3H3. The van der Waals surface area contributed by atoms with Gasteiger partial charge in [-0.2, -0.15) is 5.26 Å². The van der Waals surface area contributed by atoms with Crippen LogP contribution in [0.3, 0.4) is 0 Å². The number of hydrogen-bond donors (Lipinski definition) is 0. The predicted octanol–water partition coefficient (Wildman–Crippen LogP) is 6.77. The summed E-state index contributed by atoms with van der Waals surface area (Å²) < 4.78 is 0. The predicted molar refractivity (Wildman–Crippen MR) is 138 cm³/mol.